The average molecular weight is 377 g/mol. The number of halogens is 2. The predicted octanol–water partition coefficient (Wildman–Crippen LogP) is 2.34. The molecule has 0 spiro atoms. The molecule has 9 heteroatoms. The fourth-order valence-electron chi connectivity index (χ4n) is 4.09. The molecule has 2 aromatic rings. The number of aromatic amines is 2. The second-order valence-electron chi connectivity index (χ2n) is 7.20. The van der Waals surface area contributed by atoms with Gasteiger partial charge >= 0.3 is 11.7 Å². The molecule has 2 atom stereocenters. The number of hydrogen-bond donors (Lipinski definition) is 3. The van der Waals surface area contributed by atoms with Crippen molar-refractivity contribution in [1.29, 1.82) is 0 Å². The van der Waals surface area contributed by atoms with Crippen molar-refractivity contribution in [3.63, 3.8) is 0 Å². The first-order valence-electron chi connectivity index (χ1n) is 9.19. The van der Waals surface area contributed by atoms with E-state index in [-0.39, 0.29) is 17.6 Å². The summed E-state index contributed by atoms with van der Waals surface area (Å²) in [6, 6.07) is 1.54. The molecule has 1 fully saturated rings. The zero-order valence-corrected chi connectivity index (χ0v) is 14.7. The summed E-state index contributed by atoms with van der Waals surface area (Å²) in [7, 11) is 0. The van der Waals surface area contributed by atoms with E-state index in [4.69, 9.17) is 0 Å². The minimum Gasteiger partial charge on any atom is -0.331 e. The Kier molecular flexibility index (Phi) is 4.67. The Morgan fingerprint density at radius 2 is 2.11 bits per heavy atom. The van der Waals surface area contributed by atoms with Crippen molar-refractivity contribution in [3.8, 4) is 0 Å². The molecule has 3 N–H and O–H groups in total. The number of fused-ring (bicyclic) bond motifs is 1. The zero-order chi connectivity index (χ0) is 19.0. The van der Waals surface area contributed by atoms with Crippen molar-refractivity contribution in [2.75, 3.05) is 13.1 Å². The van der Waals surface area contributed by atoms with E-state index in [2.05, 4.69) is 20.5 Å². The molecule has 1 aliphatic heterocycles. The smallest absolute Gasteiger partial charge is 0.331 e. The Morgan fingerprint density at radius 1 is 1.26 bits per heavy atom. The van der Waals surface area contributed by atoms with Gasteiger partial charge in [-0.2, -0.15) is 5.10 Å². The van der Waals surface area contributed by atoms with Gasteiger partial charge in [0.05, 0.1) is 6.04 Å². The highest BCUT2D eigenvalue weighted by Gasteiger charge is 2.30. The Labute approximate surface area is 154 Å². The second-order valence-corrected chi connectivity index (χ2v) is 7.20. The number of piperidine rings is 1. The molecule has 2 amide bonds. The van der Waals surface area contributed by atoms with Crippen LogP contribution < -0.4 is 11.0 Å². The predicted molar refractivity (Wildman–Crippen MR) is 93.3 cm³/mol. The normalized spacial score (nSPS) is 22.4. The number of carbonyl (C=O) groups is 1. The van der Waals surface area contributed by atoms with E-state index >= 15 is 0 Å². The van der Waals surface area contributed by atoms with Gasteiger partial charge in [-0.05, 0) is 49.3 Å². The highest BCUT2D eigenvalue weighted by atomic mass is 19.1. The van der Waals surface area contributed by atoms with E-state index < -0.39 is 17.7 Å². The lowest BCUT2D eigenvalue weighted by Gasteiger charge is -2.34. The SMILES string of the molecule is O=C(N[C@@H]1CCCc2c(F)cc(F)cc21)N1CCCC(c2n[nH]c(=O)[nH]2)C1. The molecule has 27 heavy (non-hydrogen) atoms. The molecule has 4 rings (SSSR count). The minimum atomic E-state index is -0.632. The molecule has 2 heterocycles. The van der Waals surface area contributed by atoms with Crippen LogP contribution in [0.25, 0.3) is 0 Å². The van der Waals surface area contributed by atoms with Crippen molar-refractivity contribution in [2.24, 2.45) is 0 Å². The monoisotopic (exact) mass is 377 g/mol. The average Bonchev–Trinajstić information content (AvgIpc) is 3.09. The Bertz CT molecular complexity index is 909. The summed E-state index contributed by atoms with van der Waals surface area (Å²) in [6.45, 7) is 1.03. The molecule has 144 valence electrons. The van der Waals surface area contributed by atoms with Crippen molar-refractivity contribution in [2.45, 2.75) is 44.1 Å². The number of amides is 2. The fourth-order valence-corrected chi connectivity index (χ4v) is 4.09. The van der Waals surface area contributed by atoms with E-state index in [0.29, 0.717) is 42.9 Å². The quantitative estimate of drug-likeness (QED) is 0.750. The van der Waals surface area contributed by atoms with Crippen LogP contribution in [0.1, 0.15) is 54.6 Å². The Balaban J connectivity index is 1.48. The van der Waals surface area contributed by atoms with Crippen LogP contribution in [0.3, 0.4) is 0 Å². The maximum absolute atomic E-state index is 14.0. The number of likely N-dealkylation sites (tertiary alicyclic amines) is 1. The molecule has 0 bridgehead atoms. The van der Waals surface area contributed by atoms with Crippen molar-refractivity contribution >= 4 is 6.03 Å². The first-order valence-corrected chi connectivity index (χ1v) is 9.19. The van der Waals surface area contributed by atoms with Gasteiger partial charge in [-0.3, -0.25) is 4.98 Å². The zero-order valence-electron chi connectivity index (χ0n) is 14.7. The molecule has 0 radical (unpaired) electrons. The van der Waals surface area contributed by atoms with Crippen LogP contribution >= 0.6 is 0 Å². The molecule has 1 aliphatic carbocycles. The third kappa shape index (κ3) is 3.58. The van der Waals surface area contributed by atoms with Gasteiger partial charge in [0, 0.05) is 25.1 Å². The van der Waals surface area contributed by atoms with Gasteiger partial charge in [-0.15, -0.1) is 0 Å². The third-order valence-electron chi connectivity index (χ3n) is 5.40. The van der Waals surface area contributed by atoms with Crippen molar-refractivity contribution in [1.82, 2.24) is 25.4 Å². The van der Waals surface area contributed by atoms with Crippen LogP contribution in [0, 0.1) is 11.6 Å². The summed E-state index contributed by atoms with van der Waals surface area (Å²) in [5.74, 6) is -0.681. The molecule has 1 aromatic heterocycles. The molecule has 1 unspecified atom stereocenters. The lowest BCUT2D eigenvalue weighted by atomic mass is 9.87. The number of benzene rings is 1. The molecular weight excluding hydrogens is 356 g/mol. The topological polar surface area (TPSA) is 93.9 Å². The summed E-state index contributed by atoms with van der Waals surface area (Å²) in [5.41, 5.74) is 0.644. The molecular formula is C18H21F2N5O2. The van der Waals surface area contributed by atoms with E-state index in [1.54, 1.807) is 4.90 Å². The fraction of sp³-hybridized carbons (Fsp3) is 0.500. The lowest BCUT2D eigenvalue weighted by molar-refractivity contribution is 0.173. The first kappa shape index (κ1) is 17.7. The largest absolute Gasteiger partial charge is 0.340 e. The number of rotatable bonds is 2. The number of urea groups is 1. The van der Waals surface area contributed by atoms with E-state index in [0.717, 1.165) is 25.3 Å². The third-order valence-corrected chi connectivity index (χ3v) is 5.40. The van der Waals surface area contributed by atoms with Crippen LogP contribution in [0.15, 0.2) is 16.9 Å². The molecule has 1 saturated heterocycles. The summed E-state index contributed by atoms with van der Waals surface area (Å²) in [5, 5.41) is 9.24. The summed E-state index contributed by atoms with van der Waals surface area (Å²) in [4.78, 5) is 28.3. The van der Waals surface area contributed by atoms with E-state index in [9.17, 15) is 18.4 Å². The highest BCUT2D eigenvalue weighted by Crippen LogP contribution is 2.32. The minimum absolute atomic E-state index is 0.0445. The van der Waals surface area contributed by atoms with Crippen LogP contribution in [-0.2, 0) is 6.42 Å². The van der Waals surface area contributed by atoms with Gasteiger partial charge in [-0.1, -0.05) is 0 Å². The van der Waals surface area contributed by atoms with Gasteiger partial charge in [0.1, 0.15) is 17.5 Å². The Morgan fingerprint density at radius 3 is 2.89 bits per heavy atom. The summed E-state index contributed by atoms with van der Waals surface area (Å²) >= 11 is 0. The number of nitrogens with zero attached hydrogens (tertiary/aromatic N) is 2. The van der Waals surface area contributed by atoms with Crippen molar-refractivity contribution < 1.29 is 13.6 Å². The van der Waals surface area contributed by atoms with Gasteiger partial charge in [0.25, 0.3) is 0 Å². The Hall–Kier alpha value is -2.71. The highest BCUT2D eigenvalue weighted by molar-refractivity contribution is 5.75. The number of nitrogens with one attached hydrogen (secondary N) is 3. The molecule has 1 aromatic carbocycles. The maximum Gasteiger partial charge on any atom is 0.340 e. The number of aromatic nitrogens is 3. The summed E-state index contributed by atoms with van der Waals surface area (Å²) in [6.07, 6.45) is 3.54. The van der Waals surface area contributed by atoms with Crippen LogP contribution in [0.2, 0.25) is 0 Å². The van der Waals surface area contributed by atoms with E-state index in [1.165, 1.54) is 6.07 Å². The van der Waals surface area contributed by atoms with Crippen LogP contribution in [0.5, 0.6) is 0 Å². The van der Waals surface area contributed by atoms with Crippen molar-refractivity contribution in [3.05, 3.63) is 51.2 Å². The van der Waals surface area contributed by atoms with E-state index in [1.807, 2.05) is 0 Å². The van der Waals surface area contributed by atoms with Gasteiger partial charge in [-0.25, -0.2) is 23.5 Å². The van der Waals surface area contributed by atoms with Gasteiger partial charge < -0.3 is 10.2 Å². The lowest BCUT2D eigenvalue weighted by Crippen LogP contribution is -2.46. The maximum atomic E-state index is 14.0. The molecule has 7 nitrogen and oxygen atoms in total. The standard InChI is InChI=1S/C18H21F2N5O2/c19-11-7-13-12(14(20)8-11)4-1-5-15(13)21-18(27)25-6-2-3-10(9-25)16-22-17(26)24-23-16/h7-8,10,15H,1-6,9H2,(H,21,27)(H2,22,23,24,26)/t10?,15-/m1/s1. The first-order chi connectivity index (χ1) is 13.0. The van der Waals surface area contributed by atoms with Crippen LogP contribution in [0.4, 0.5) is 13.6 Å². The number of H-pyrrole nitrogens is 2. The van der Waals surface area contributed by atoms with Gasteiger partial charge in [0.15, 0.2) is 0 Å². The van der Waals surface area contributed by atoms with Crippen LogP contribution in [-0.4, -0.2) is 39.2 Å². The van der Waals surface area contributed by atoms with Gasteiger partial charge in [0.2, 0.25) is 0 Å². The number of hydrogen-bond acceptors (Lipinski definition) is 3. The molecule has 0 saturated carbocycles. The number of carbonyl (C=O) groups excluding carboxylic acids is 1. The summed E-state index contributed by atoms with van der Waals surface area (Å²) < 4.78 is 27.7. The second kappa shape index (κ2) is 7.13. The molecule has 2 aliphatic rings.